The van der Waals surface area contributed by atoms with Crippen molar-refractivity contribution in [3.05, 3.63) is 24.3 Å². The van der Waals surface area contributed by atoms with Gasteiger partial charge in [0, 0.05) is 17.1 Å². The second-order valence-electron chi connectivity index (χ2n) is 2.80. The summed E-state index contributed by atoms with van der Waals surface area (Å²) in [6.45, 7) is 0.435. The zero-order valence-electron chi connectivity index (χ0n) is 6.82. The predicted molar refractivity (Wildman–Crippen MR) is 49.6 cm³/mol. The van der Waals surface area contributed by atoms with Crippen molar-refractivity contribution in [2.75, 3.05) is 11.9 Å². The molecule has 0 saturated carbocycles. The van der Waals surface area contributed by atoms with Crippen LogP contribution in [0.25, 0.3) is 0 Å². The van der Waals surface area contributed by atoms with E-state index in [0.717, 1.165) is 10.6 Å². The molecule has 0 bridgehead atoms. The molecule has 0 amide bonds. The van der Waals surface area contributed by atoms with Gasteiger partial charge in [0.1, 0.15) is 0 Å². The van der Waals surface area contributed by atoms with Crippen LogP contribution in [-0.2, 0) is 4.79 Å². The van der Waals surface area contributed by atoms with E-state index in [4.69, 9.17) is 0 Å². The van der Waals surface area contributed by atoms with E-state index >= 15 is 0 Å². The van der Waals surface area contributed by atoms with Crippen LogP contribution in [0.3, 0.4) is 0 Å². The van der Waals surface area contributed by atoms with Crippen LogP contribution < -0.4 is 10.4 Å². The number of carboxylic acid groups (broad SMARTS) is 1. The maximum Gasteiger partial charge on any atom is 0.0663 e. The Hall–Kier alpha value is -1.16. The number of hydrogen-bond donors (Lipinski definition) is 1. The Balaban J connectivity index is 2.24. The molecule has 1 aromatic rings. The molecule has 2 rings (SSSR count). The van der Waals surface area contributed by atoms with Gasteiger partial charge in [0.05, 0.1) is 11.2 Å². The number of benzene rings is 1. The quantitative estimate of drug-likeness (QED) is 0.699. The summed E-state index contributed by atoms with van der Waals surface area (Å²) < 4.78 is 0. The van der Waals surface area contributed by atoms with E-state index in [2.05, 4.69) is 5.32 Å². The number of rotatable bonds is 1. The molecule has 13 heavy (non-hydrogen) atoms. The monoisotopic (exact) mass is 194 g/mol. The highest BCUT2D eigenvalue weighted by Gasteiger charge is 2.18. The van der Waals surface area contributed by atoms with Gasteiger partial charge in [-0.3, -0.25) is 0 Å². The van der Waals surface area contributed by atoms with Gasteiger partial charge in [-0.05, 0) is 12.1 Å². The summed E-state index contributed by atoms with van der Waals surface area (Å²) >= 11 is 1.34. The van der Waals surface area contributed by atoms with Crippen LogP contribution in [0.5, 0.6) is 0 Å². The number of para-hydroxylation sites is 1. The molecule has 3 nitrogen and oxygen atoms in total. The Morgan fingerprint density at radius 2 is 2.31 bits per heavy atom. The van der Waals surface area contributed by atoms with E-state index in [1.54, 1.807) is 0 Å². The zero-order chi connectivity index (χ0) is 9.26. The number of nitrogens with one attached hydrogen (secondary N) is 1. The smallest absolute Gasteiger partial charge is 0.0663 e. The highest BCUT2D eigenvalue weighted by Crippen LogP contribution is 2.34. The molecule has 1 aliphatic rings. The van der Waals surface area contributed by atoms with Gasteiger partial charge in [-0.25, -0.2) is 0 Å². The van der Waals surface area contributed by atoms with Gasteiger partial charge in [-0.1, -0.05) is 12.1 Å². The van der Waals surface area contributed by atoms with Crippen molar-refractivity contribution in [3.63, 3.8) is 0 Å². The summed E-state index contributed by atoms with van der Waals surface area (Å²) in [4.78, 5) is 11.6. The minimum atomic E-state index is -1.01. The summed E-state index contributed by atoms with van der Waals surface area (Å²) in [7, 11) is 0. The van der Waals surface area contributed by atoms with Gasteiger partial charge in [0.25, 0.3) is 0 Å². The highest BCUT2D eigenvalue weighted by molar-refractivity contribution is 8.00. The standard InChI is InChI=1S/C9H9NO2S/c11-9(12)8-5-10-6-3-1-2-4-7(6)13-8/h1-4,8,10H,5H2,(H,11,12)/p-1/t8-/m1/s1. The second-order valence-corrected chi connectivity index (χ2v) is 4.05. The van der Waals surface area contributed by atoms with Gasteiger partial charge >= 0.3 is 0 Å². The Labute approximate surface area is 80.1 Å². The average molecular weight is 194 g/mol. The van der Waals surface area contributed by atoms with Crippen molar-refractivity contribution >= 4 is 23.4 Å². The number of hydrogen-bond acceptors (Lipinski definition) is 4. The van der Waals surface area contributed by atoms with E-state index in [0.29, 0.717) is 6.54 Å². The third-order valence-corrected chi connectivity index (χ3v) is 3.15. The van der Waals surface area contributed by atoms with E-state index in [1.807, 2.05) is 24.3 Å². The molecule has 0 spiro atoms. The lowest BCUT2D eigenvalue weighted by atomic mass is 10.3. The predicted octanol–water partition coefficient (Wildman–Crippen LogP) is 0.323. The topological polar surface area (TPSA) is 52.2 Å². The molecule has 0 aliphatic carbocycles. The molecule has 0 radical (unpaired) electrons. The third kappa shape index (κ3) is 1.62. The summed E-state index contributed by atoms with van der Waals surface area (Å²) in [5.74, 6) is -1.01. The molecule has 1 N–H and O–H groups in total. The first-order chi connectivity index (χ1) is 6.27. The lowest BCUT2D eigenvalue weighted by Crippen LogP contribution is -2.39. The molecule has 0 saturated heterocycles. The molecule has 0 unspecified atom stereocenters. The van der Waals surface area contributed by atoms with Gasteiger partial charge < -0.3 is 15.2 Å². The number of carbonyl (C=O) groups is 1. The van der Waals surface area contributed by atoms with E-state index < -0.39 is 11.2 Å². The normalized spacial score (nSPS) is 20.2. The number of thioether (sulfide) groups is 1. The molecule has 0 aromatic heterocycles. The van der Waals surface area contributed by atoms with Crippen LogP contribution in [0, 0.1) is 0 Å². The summed E-state index contributed by atoms with van der Waals surface area (Å²) in [6, 6.07) is 7.66. The molecule has 1 atom stereocenters. The van der Waals surface area contributed by atoms with Crippen LogP contribution in [-0.4, -0.2) is 17.8 Å². The second kappa shape index (κ2) is 3.30. The molecule has 4 heteroatoms. The lowest BCUT2D eigenvalue weighted by Gasteiger charge is -2.25. The minimum absolute atomic E-state index is 0.435. The van der Waals surface area contributed by atoms with Crippen molar-refractivity contribution in [3.8, 4) is 0 Å². The van der Waals surface area contributed by atoms with Crippen LogP contribution in [0.4, 0.5) is 5.69 Å². The van der Waals surface area contributed by atoms with Crippen LogP contribution in [0.2, 0.25) is 0 Å². The molecular weight excluding hydrogens is 186 g/mol. The maximum atomic E-state index is 10.6. The lowest BCUT2D eigenvalue weighted by molar-refractivity contribution is -0.304. The molecule has 1 aliphatic heterocycles. The van der Waals surface area contributed by atoms with E-state index in [1.165, 1.54) is 11.8 Å². The first-order valence-corrected chi connectivity index (χ1v) is 4.86. The Morgan fingerprint density at radius 3 is 3.08 bits per heavy atom. The Kier molecular flexibility index (Phi) is 2.14. The highest BCUT2D eigenvalue weighted by atomic mass is 32.2. The number of carbonyl (C=O) groups excluding carboxylic acids is 1. The molecule has 1 aromatic carbocycles. The first kappa shape index (κ1) is 8.44. The summed E-state index contributed by atoms with van der Waals surface area (Å²) in [5.41, 5.74) is 1.00. The third-order valence-electron chi connectivity index (χ3n) is 1.90. The molecule has 0 fully saturated rings. The van der Waals surface area contributed by atoms with Gasteiger partial charge in [-0.2, -0.15) is 0 Å². The first-order valence-electron chi connectivity index (χ1n) is 3.98. The van der Waals surface area contributed by atoms with Crippen molar-refractivity contribution in [1.82, 2.24) is 0 Å². The van der Waals surface area contributed by atoms with Gasteiger partial charge in [0.2, 0.25) is 0 Å². The van der Waals surface area contributed by atoms with Crippen LogP contribution in [0.15, 0.2) is 29.2 Å². The van der Waals surface area contributed by atoms with Crippen molar-refractivity contribution in [2.45, 2.75) is 10.1 Å². The Morgan fingerprint density at radius 1 is 1.54 bits per heavy atom. The average Bonchev–Trinajstić information content (AvgIpc) is 2.17. The number of carboxylic acids is 1. The summed E-state index contributed by atoms with van der Waals surface area (Å²) in [6.07, 6.45) is 0. The number of fused-ring (bicyclic) bond motifs is 1. The molecule has 1 heterocycles. The van der Waals surface area contributed by atoms with Gasteiger partial charge in [-0.15, -0.1) is 11.8 Å². The van der Waals surface area contributed by atoms with Crippen molar-refractivity contribution in [2.24, 2.45) is 0 Å². The largest absolute Gasteiger partial charge is 0.549 e. The fourth-order valence-corrected chi connectivity index (χ4v) is 2.24. The van der Waals surface area contributed by atoms with Crippen molar-refractivity contribution < 1.29 is 9.90 Å². The SMILES string of the molecule is O=C([O-])[C@H]1CNc2ccccc2S1. The Bertz CT molecular complexity index is 340. The fraction of sp³-hybridized carbons (Fsp3) is 0.222. The zero-order valence-corrected chi connectivity index (χ0v) is 7.64. The maximum absolute atomic E-state index is 10.6. The van der Waals surface area contributed by atoms with Crippen molar-refractivity contribution in [1.29, 1.82) is 0 Å². The minimum Gasteiger partial charge on any atom is -0.549 e. The van der Waals surface area contributed by atoms with Gasteiger partial charge in [0.15, 0.2) is 0 Å². The van der Waals surface area contributed by atoms with Crippen LogP contribution >= 0.6 is 11.8 Å². The fourth-order valence-electron chi connectivity index (χ4n) is 1.24. The van der Waals surface area contributed by atoms with Crippen LogP contribution in [0.1, 0.15) is 0 Å². The van der Waals surface area contributed by atoms with E-state index in [-0.39, 0.29) is 0 Å². The molecular formula is C9H8NO2S-. The van der Waals surface area contributed by atoms with E-state index in [9.17, 15) is 9.90 Å². The number of aliphatic carboxylic acids is 1. The summed E-state index contributed by atoms with van der Waals surface area (Å²) in [5, 5.41) is 13.2. The molecule has 68 valence electrons. The number of anilines is 1.